The van der Waals surface area contributed by atoms with Crippen LogP contribution in [0.4, 0.5) is 0 Å². The number of carbonyl (C=O) groups is 1. The number of nitrogens with zero attached hydrogens (tertiary/aromatic N) is 2. The minimum absolute atomic E-state index is 0.0240. The lowest BCUT2D eigenvalue weighted by molar-refractivity contribution is 0.00322. The van der Waals surface area contributed by atoms with Gasteiger partial charge in [0.05, 0.1) is 12.3 Å². The van der Waals surface area contributed by atoms with Crippen LogP contribution in [0.1, 0.15) is 43.1 Å². The molecule has 0 aromatic carbocycles. The van der Waals surface area contributed by atoms with E-state index in [9.17, 15) is 9.90 Å². The number of amides is 1. The molecule has 1 unspecified atom stereocenters. The highest BCUT2D eigenvalue weighted by atomic mass is 32.1. The van der Waals surface area contributed by atoms with E-state index in [2.05, 4.69) is 14.9 Å². The van der Waals surface area contributed by atoms with E-state index in [-0.39, 0.29) is 17.9 Å². The predicted octanol–water partition coefficient (Wildman–Crippen LogP) is 0.309. The monoisotopic (exact) mass is 273 g/mol. The normalized spacial score (nSPS) is 15.2. The molecular weight excluding hydrogens is 254 g/mol. The zero-order chi connectivity index (χ0) is 14.0. The minimum Gasteiger partial charge on any atom is -0.393 e. The zero-order valence-corrected chi connectivity index (χ0v) is 11.8. The first-order chi connectivity index (χ1) is 8.17. The molecule has 0 fully saturated rings. The fraction of sp³-hybridized carbons (Fsp3) is 0.727. The average molecular weight is 273 g/mol. The van der Waals surface area contributed by atoms with Crippen LogP contribution in [0.3, 0.4) is 0 Å². The van der Waals surface area contributed by atoms with Crippen molar-refractivity contribution in [3.8, 4) is 0 Å². The summed E-state index contributed by atoms with van der Waals surface area (Å²) in [7, 11) is 0. The molecule has 0 spiro atoms. The zero-order valence-electron chi connectivity index (χ0n) is 11.0. The molecule has 0 aliphatic heterocycles. The number of aromatic nitrogens is 2. The Morgan fingerprint density at radius 2 is 2.00 bits per heavy atom. The summed E-state index contributed by atoms with van der Waals surface area (Å²) in [6.45, 7) is 6.85. The van der Waals surface area contributed by atoms with Gasteiger partial charge in [-0.3, -0.25) is 4.79 Å². The largest absolute Gasteiger partial charge is 0.393 e. The minimum atomic E-state index is -1.32. The molecule has 7 heteroatoms. The Hall–Kier alpha value is -1.05. The number of hydrogen-bond donors (Lipinski definition) is 3. The Labute approximate surface area is 110 Å². The van der Waals surface area contributed by atoms with Crippen molar-refractivity contribution < 1.29 is 15.0 Å². The molecule has 0 bridgehead atoms. The van der Waals surface area contributed by atoms with Gasteiger partial charge in [0.25, 0.3) is 5.91 Å². The van der Waals surface area contributed by atoms with Gasteiger partial charge in [0, 0.05) is 12.0 Å². The summed E-state index contributed by atoms with van der Waals surface area (Å²) in [4.78, 5) is 12.4. The molecule has 1 aromatic rings. The molecule has 0 aliphatic rings. The van der Waals surface area contributed by atoms with Gasteiger partial charge in [0.1, 0.15) is 10.5 Å². The van der Waals surface area contributed by atoms with Crippen molar-refractivity contribution in [2.45, 2.75) is 38.7 Å². The second-order valence-corrected chi connectivity index (χ2v) is 6.29. The van der Waals surface area contributed by atoms with Crippen LogP contribution in [0.2, 0.25) is 0 Å². The van der Waals surface area contributed by atoms with Gasteiger partial charge in [-0.2, -0.15) is 0 Å². The van der Waals surface area contributed by atoms with Crippen molar-refractivity contribution in [1.82, 2.24) is 14.9 Å². The van der Waals surface area contributed by atoms with Gasteiger partial charge in [0.2, 0.25) is 0 Å². The molecule has 0 radical (unpaired) electrons. The predicted molar refractivity (Wildman–Crippen MR) is 68.7 cm³/mol. The van der Waals surface area contributed by atoms with Gasteiger partial charge >= 0.3 is 0 Å². The second-order valence-electron chi connectivity index (χ2n) is 5.54. The third kappa shape index (κ3) is 3.72. The lowest BCUT2D eigenvalue weighted by atomic mass is 9.91. The van der Waals surface area contributed by atoms with Crippen molar-refractivity contribution in [3.05, 3.63) is 10.6 Å². The molecule has 1 amide bonds. The van der Waals surface area contributed by atoms with Gasteiger partial charge in [-0.1, -0.05) is 25.3 Å². The molecule has 102 valence electrons. The van der Waals surface area contributed by atoms with Crippen LogP contribution in [-0.4, -0.2) is 44.5 Å². The van der Waals surface area contributed by atoms with Crippen LogP contribution in [0.5, 0.6) is 0 Å². The van der Waals surface area contributed by atoms with Crippen LogP contribution in [0.15, 0.2) is 0 Å². The number of aliphatic hydroxyl groups excluding tert-OH is 1. The van der Waals surface area contributed by atoms with Gasteiger partial charge in [-0.25, -0.2) is 0 Å². The highest BCUT2D eigenvalue weighted by Crippen LogP contribution is 2.25. The van der Waals surface area contributed by atoms with Gasteiger partial charge in [-0.05, 0) is 18.5 Å². The quantitative estimate of drug-likeness (QED) is 0.734. The van der Waals surface area contributed by atoms with E-state index in [0.717, 1.165) is 11.5 Å². The lowest BCUT2D eigenvalue weighted by Gasteiger charge is -2.21. The van der Waals surface area contributed by atoms with E-state index < -0.39 is 12.2 Å². The first kappa shape index (κ1) is 15.0. The maximum absolute atomic E-state index is 12.0. The van der Waals surface area contributed by atoms with Crippen molar-refractivity contribution >= 4 is 17.4 Å². The third-order valence-electron chi connectivity index (χ3n) is 2.38. The number of rotatable bonds is 4. The van der Waals surface area contributed by atoms with Gasteiger partial charge < -0.3 is 15.5 Å². The molecule has 18 heavy (non-hydrogen) atoms. The summed E-state index contributed by atoms with van der Waals surface area (Å²) in [5.41, 5.74) is -0.955. The third-order valence-corrected chi connectivity index (χ3v) is 3.10. The summed E-state index contributed by atoms with van der Waals surface area (Å²) >= 11 is 1.03. The molecule has 1 aromatic heterocycles. The van der Waals surface area contributed by atoms with Gasteiger partial charge in [0.15, 0.2) is 0 Å². The van der Waals surface area contributed by atoms with E-state index in [1.807, 2.05) is 20.8 Å². The Morgan fingerprint density at radius 1 is 1.39 bits per heavy atom. The molecule has 6 nitrogen and oxygen atoms in total. The summed E-state index contributed by atoms with van der Waals surface area (Å²) < 4.78 is 3.79. The van der Waals surface area contributed by atoms with Crippen LogP contribution in [0.25, 0.3) is 0 Å². The van der Waals surface area contributed by atoms with Crippen LogP contribution >= 0.6 is 11.5 Å². The molecular formula is C11H19N3O3S. The summed E-state index contributed by atoms with van der Waals surface area (Å²) in [6, 6.07) is 0. The standard InChI is InChI=1S/C11H19N3O3S/c1-10(2,3)8-7(18-14-13-8)9(16)12-5-11(4,17)6-15/h15,17H,5-6H2,1-4H3,(H,12,16). The van der Waals surface area contributed by atoms with Crippen LogP contribution in [0, 0.1) is 0 Å². The van der Waals surface area contributed by atoms with E-state index in [1.54, 1.807) is 0 Å². The first-order valence-electron chi connectivity index (χ1n) is 5.61. The highest BCUT2D eigenvalue weighted by Gasteiger charge is 2.27. The summed E-state index contributed by atoms with van der Waals surface area (Å²) in [5, 5.41) is 25.0. The first-order valence-corrected chi connectivity index (χ1v) is 6.39. The smallest absolute Gasteiger partial charge is 0.265 e. The SMILES string of the molecule is CC(O)(CO)CNC(=O)c1snnc1C(C)(C)C. The maximum Gasteiger partial charge on any atom is 0.265 e. The Kier molecular flexibility index (Phi) is 4.41. The molecule has 0 saturated carbocycles. The van der Waals surface area contributed by atoms with Crippen LogP contribution in [-0.2, 0) is 5.41 Å². The molecule has 3 N–H and O–H groups in total. The Bertz CT molecular complexity index is 423. The molecule has 1 heterocycles. The van der Waals surface area contributed by atoms with Crippen molar-refractivity contribution in [2.24, 2.45) is 0 Å². The lowest BCUT2D eigenvalue weighted by Crippen LogP contribution is -2.43. The fourth-order valence-corrected chi connectivity index (χ4v) is 2.03. The topological polar surface area (TPSA) is 95.3 Å². The molecule has 0 saturated heterocycles. The Balaban J connectivity index is 2.78. The summed E-state index contributed by atoms with van der Waals surface area (Å²) in [5.74, 6) is -0.330. The molecule has 1 atom stereocenters. The summed E-state index contributed by atoms with van der Waals surface area (Å²) in [6.07, 6.45) is 0. The van der Waals surface area contributed by atoms with Crippen LogP contribution < -0.4 is 5.32 Å². The number of nitrogens with one attached hydrogen (secondary N) is 1. The van der Waals surface area contributed by atoms with E-state index in [0.29, 0.717) is 10.6 Å². The molecule has 0 aliphatic carbocycles. The number of carbonyl (C=O) groups excluding carboxylic acids is 1. The number of hydrogen-bond acceptors (Lipinski definition) is 6. The second kappa shape index (κ2) is 5.29. The van der Waals surface area contributed by atoms with Crippen molar-refractivity contribution in [1.29, 1.82) is 0 Å². The average Bonchev–Trinajstić information content (AvgIpc) is 2.74. The van der Waals surface area contributed by atoms with E-state index in [4.69, 9.17) is 5.11 Å². The fourth-order valence-electron chi connectivity index (χ4n) is 1.24. The number of aliphatic hydroxyl groups is 2. The van der Waals surface area contributed by atoms with Gasteiger partial charge in [-0.15, -0.1) is 5.10 Å². The van der Waals surface area contributed by atoms with E-state index >= 15 is 0 Å². The van der Waals surface area contributed by atoms with E-state index in [1.165, 1.54) is 6.92 Å². The Morgan fingerprint density at radius 3 is 2.50 bits per heavy atom. The molecule has 1 rings (SSSR count). The van der Waals surface area contributed by atoms with Crippen molar-refractivity contribution in [3.63, 3.8) is 0 Å². The van der Waals surface area contributed by atoms with Crippen molar-refractivity contribution in [2.75, 3.05) is 13.2 Å². The maximum atomic E-state index is 12.0. The highest BCUT2D eigenvalue weighted by molar-refractivity contribution is 7.08.